The van der Waals surface area contributed by atoms with Gasteiger partial charge in [-0.15, -0.1) is 0 Å². The van der Waals surface area contributed by atoms with Gasteiger partial charge in [-0.3, -0.25) is 0 Å². The fraction of sp³-hybridized carbons (Fsp3) is 1.00. The van der Waals surface area contributed by atoms with E-state index in [4.69, 9.17) is 0 Å². The number of hydrogen-bond donors (Lipinski definition) is 0. The van der Waals surface area contributed by atoms with E-state index in [9.17, 15) is 0 Å². The Labute approximate surface area is 251 Å². The molecule has 0 N–H and O–H groups in total. The summed E-state index contributed by atoms with van der Waals surface area (Å²) in [5.74, 6) is 0. The zero-order valence-corrected chi connectivity index (χ0v) is 31.6. The molecule has 0 saturated carbocycles. The van der Waals surface area contributed by atoms with Crippen molar-refractivity contribution in [3.05, 3.63) is 0 Å². The quantitative estimate of drug-likeness (QED) is 0.158. The molecule has 0 spiro atoms. The molecule has 0 aromatic heterocycles. The Kier molecular flexibility index (Phi) is 12.7. The SMILES string of the molecule is CCCCCCCCCCCC(C)(C)C(C)(C)C(C)(C)C(C)(C)C(C)(C)C(C)(C)C(C)(C)C(C)(C)C(C)(C)C. The highest BCUT2D eigenvalue weighted by Gasteiger charge is 2.66. The maximum atomic E-state index is 2.60. The van der Waals surface area contributed by atoms with E-state index >= 15 is 0 Å². The van der Waals surface area contributed by atoms with Crippen LogP contribution in [0.1, 0.15) is 203 Å². The Hall–Kier alpha value is 0. The van der Waals surface area contributed by atoms with E-state index in [0.29, 0.717) is 0 Å². The van der Waals surface area contributed by atoms with Gasteiger partial charge in [0, 0.05) is 0 Å². The van der Waals surface area contributed by atoms with Gasteiger partial charge < -0.3 is 0 Å². The lowest BCUT2D eigenvalue weighted by Gasteiger charge is -2.70. The standard InChI is InChI=1S/C39H80/c1-21-22-23-24-25-26-27-28-29-30-32(5,6)34(9,10)36(13,14)38(17,18)39(19,20)37(15,16)35(11,12)33(7,8)31(2,3)4/h21-30H2,1-20H3. The van der Waals surface area contributed by atoms with Gasteiger partial charge in [0.2, 0.25) is 0 Å². The Morgan fingerprint density at radius 2 is 0.538 bits per heavy atom. The molecule has 0 radical (unpaired) electrons. The van der Waals surface area contributed by atoms with Crippen LogP contribution in [-0.4, -0.2) is 0 Å². The molecule has 0 aliphatic carbocycles. The molecule has 0 aromatic rings. The summed E-state index contributed by atoms with van der Waals surface area (Å²) in [6.07, 6.45) is 14.0. The van der Waals surface area contributed by atoms with Crippen molar-refractivity contribution in [1.82, 2.24) is 0 Å². The fourth-order valence-corrected chi connectivity index (χ4v) is 7.88. The molecule has 0 nitrogen and oxygen atoms in total. The second-order valence-corrected chi connectivity index (χ2v) is 19.1. The predicted molar refractivity (Wildman–Crippen MR) is 182 cm³/mol. The molecule has 0 rings (SSSR count). The fourth-order valence-electron chi connectivity index (χ4n) is 7.88. The normalized spacial score (nSPS) is 15.7. The maximum Gasteiger partial charge on any atom is -0.0241 e. The number of hydrogen-bond acceptors (Lipinski definition) is 0. The molecule has 0 amide bonds. The summed E-state index contributed by atoms with van der Waals surface area (Å²) in [7, 11) is 0. The molecule has 0 unspecified atom stereocenters. The van der Waals surface area contributed by atoms with Crippen molar-refractivity contribution in [2.75, 3.05) is 0 Å². The highest BCUT2D eigenvalue weighted by atomic mass is 14.7. The Morgan fingerprint density at radius 3 is 0.846 bits per heavy atom. The average molecular weight is 549 g/mol. The van der Waals surface area contributed by atoms with Gasteiger partial charge in [-0.1, -0.05) is 196 Å². The lowest BCUT2D eigenvalue weighted by atomic mass is 9.34. The summed E-state index contributed by atoms with van der Waals surface area (Å²) in [6, 6.07) is 0. The minimum Gasteiger partial charge on any atom is -0.0654 e. The molecule has 236 valence electrons. The third-order valence-electron chi connectivity index (χ3n) is 15.8. The third kappa shape index (κ3) is 6.98. The van der Waals surface area contributed by atoms with E-state index in [1.54, 1.807) is 0 Å². The summed E-state index contributed by atoms with van der Waals surface area (Å²) < 4.78 is 0. The van der Waals surface area contributed by atoms with Gasteiger partial charge in [-0.2, -0.15) is 0 Å². The highest BCUT2D eigenvalue weighted by Crippen LogP contribution is 2.73. The molecule has 0 aromatic carbocycles. The molecule has 0 bridgehead atoms. The topological polar surface area (TPSA) is 0 Å². The van der Waals surface area contributed by atoms with Crippen LogP contribution >= 0.6 is 0 Å². The van der Waals surface area contributed by atoms with Crippen LogP contribution in [0.3, 0.4) is 0 Å². The predicted octanol–water partition coefficient (Wildman–Crippen LogP) is 14.2. The zero-order chi connectivity index (χ0) is 31.6. The van der Waals surface area contributed by atoms with E-state index in [1.807, 2.05) is 0 Å². The minimum absolute atomic E-state index is 0.0979. The van der Waals surface area contributed by atoms with E-state index < -0.39 is 0 Å². The Bertz CT molecular complexity index is 726. The molecule has 0 atom stereocenters. The van der Waals surface area contributed by atoms with Crippen LogP contribution < -0.4 is 0 Å². The second kappa shape index (κ2) is 12.7. The molecule has 0 aliphatic rings. The largest absolute Gasteiger partial charge is 0.0654 e. The zero-order valence-electron chi connectivity index (χ0n) is 31.6. The molecule has 0 saturated heterocycles. The van der Waals surface area contributed by atoms with E-state index in [0.717, 1.165) is 0 Å². The van der Waals surface area contributed by atoms with Gasteiger partial charge >= 0.3 is 0 Å². The van der Waals surface area contributed by atoms with Crippen molar-refractivity contribution in [2.24, 2.45) is 48.7 Å². The maximum absolute atomic E-state index is 2.60. The summed E-state index contributed by atoms with van der Waals surface area (Å²) in [6.45, 7) is 50.9. The second-order valence-electron chi connectivity index (χ2n) is 19.1. The summed E-state index contributed by atoms with van der Waals surface area (Å²) in [5.41, 5.74) is 1.42. The summed E-state index contributed by atoms with van der Waals surface area (Å²) in [4.78, 5) is 0. The van der Waals surface area contributed by atoms with Crippen molar-refractivity contribution in [3.8, 4) is 0 Å². The van der Waals surface area contributed by atoms with Gasteiger partial charge in [0.15, 0.2) is 0 Å². The van der Waals surface area contributed by atoms with Crippen LogP contribution in [0.4, 0.5) is 0 Å². The number of rotatable bonds is 17. The first-order chi connectivity index (χ1) is 17.1. The molecule has 0 aliphatic heterocycles. The van der Waals surface area contributed by atoms with Crippen LogP contribution in [0.25, 0.3) is 0 Å². The Balaban J connectivity index is 5.97. The molecule has 39 heavy (non-hydrogen) atoms. The van der Waals surface area contributed by atoms with Crippen molar-refractivity contribution in [2.45, 2.75) is 203 Å². The summed E-state index contributed by atoms with van der Waals surface area (Å²) >= 11 is 0. The van der Waals surface area contributed by atoms with Crippen molar-refractivity contribution >= 4 is 0 Å². The van der Waals surface area contributed by atoms with Gasteiger partial charge in [0.1, 0.15) is 0 Å². The first-order valence-electron chi connectivity index (χ1n) is 17.1. The summed E-state index contributed by atoms with van der Waals surface area (Å²) in [5, 5.41) is 0. The van der Waals surface area contributed by atoms with Crippen molar-refractivity contribution in [1.29, 1.82) is 0 Å². The number of unbranched alkanes of at least 4 members (excludes halogenated alkanes) is 8. The van der Waals surface area contributed by atoms with Gasteiger partial charge in [-0.25, -0.2) is 0 Å². The first kappa shape index (κ1) is 39.0. The minimum atomic E-state index is 0.0979. The van der Waals surface area contributed by atoms with Crippen LogP contribution in [0.15, 0.2) is 0 Å². The van der Waals surface area contributed by atoms with Gasteiger partial charge in [0.25, 0.3) is 0 Å². The van der Waals surface area contributed by atoms with E-state index in [2.05, 4.69) is 138 Å². The van der Waals surface area contributed by atoms with E-state index in [1.165, 1.54) is 64.2 Å². The molecule has 0 fully saturated rings. The molecule has 0 heteroatoms. The van der Waals surface area contributed by atoms with Gasteiger partial charge in [-0.05, 0) is 55.2 Å². The van der Waals surface area contributed by atoms with Crippen LogP contribution in [0.2, 0.25) is 0 Å². The van der Waals surface area contributed by atoms with E-state index in [-0.39, 0.29) is 48.7 Å². The monoisotopic (exact) mass is 549 g/mol. The van der Waals surface area contributed by atoms with Gasteiger partial charge in [0.05, 0.1) is 0 Å². The lowest BCUT2D eigenvalue weighted by Crippen LogP contribution is -2.64. The molecular weight excluding hydrogens is 468 g/mol. The van der Waals surface area contributed by atoms with Crippen LogP contribution in [-0.2, 0) is 0 Å². The van der Waals surface area contributed by atoms with Crippen LogP contribution in [0.5, 0.6) is 0 Å². The first-order valence-corrected chi connectivity index (χ1v) is 17.1. The third-order valence-corrected chi connectivity index (χ3v) is 15.8. The Morgan fingerprint density at radius 1 is 0.282 bits per heavy atom. The lowest BCUT2D eigenvalue weighted by molar-refractivity contribution is -0.222. The van der Waals surface area contributed by atoms with Crippen LogP contribution in [0, 0.1) is 48.7 Å². The average Bonchev–Trinajstić information content (AvgIpc) is 2.76. The molecule has 0 heterocycles. The van der Waals surface area contributed by atoms with Crippen molar-refractivity contribution in [3.63, 3.8) is 0 Å². The smallest absolute Gasteiger partial charge is 0.0241 e. The van der Waals surface area contributed by atoms with Crippen molar-refractivity contribution < 1.29 is 0 Å². The highest BCUT2D eigenvalue weighted by molar-refractivity contribution is 5.14. The molecular formula is C39H80.